The fraction of sp³-hybridized carbons (Fsp3) is 0.167. The van der Waals surface area contributed by atoms with Crippen molar-refractivity contribution in [2.24, 2.45) is 10.7 Å². The molecule has 0 aliphatic rings. The minimum atomic E-state index is -0.308. The summed E-state index contributed by atoms with van der Waals surface area (Å²) in [6.45, 7) is 3.38. The third-order valence-electron chi connectivity index (χ3n) is 1.84. The Hall–Kier alpha value is -2.10. The molecule has 0 bridgehead atoms. The number of carbonyl (C=O) groups is 1. The molecule has 0 heterocycles. The standard InChI is InChI=1S/C12H15N3O/c1-9-3-5-11(6-4-9)14-8-7-12(13)15-10(2)16/h3-8,14H,1-2H3,(H2,13,15,16)/b8-7-. The largest absolute Gasteiger partial charge is 0.384 e. The summed E-state index contributed by atoms with van der Waals surface area (Å²) in [5.41, 5.74) is 7.62. The van der Waals surface area contributed by atoms with Crippen molar-refractivity contribution in [1.82, 2.24) is 0 Å². The van der Waals surface area contributed by atoms with Gasteiger partial charge in [0.15, 0.2) is 0 Å². The summed E-state index contributed by atoms with van der Waals surface area (Å²) < 4.78 is 0. The summed E-state index contributed by atoms with van der Waals surface area (Å²) in [6, 6.07) is 7.92. The van der Waals surface area contributed by atoms with Gasteiger partial charge in [-0.25, -0.2) is 0 Å². The number of hydrogen-bond donors (Lipinski definition) is 2. The molecule has 0 aromatic heterocycles. The topological polar surface area (TPSA) is 67.5 Å². The predicted molar refractivity (Wildman–Crippen MR) is 66.2 cm³/mol. The van der Waals surface area contributed by atoms with E-state index < -0.39 is 0 Å². The average molecular weight is 217 g/mol. The lowest BCUT2D eigenvalue weighted by Gasteiger charge is -2.00. The lowest BCUT2D eigenvalue weighted by Crippen LogP contribution is -2.10. The van der Waals surface area contributed by atoms with Crippen molar-refractivity contribution in [1.29, 1.82) is 0 Å². The van der Waals surface area contributed by atoms with Crippen molar-refractivity contribution < 1.29 is 4.79 Å². The Morgan fingerprint density at radius 2 is 2.00 bits per heavy atom. The van der Waals surface area contributed by atoms with E-state index in [2.05, 4.69) is 10.3 Å². The summed E-state index contributed by atoms with van der Waals surface area (Å²) in [4.78, 5) is 14.2. The molecule has 0 saturated heterocycles. The van der Waals surface area contributed by atoms with Gasteiger partial charge in [-0.3, -0.25) is 4.79 Å². The second-order valence-electron chi connectivity index (χ2n) is 3.40. The zero-order chi connectivity index (χ0) is 12.0. The zero-order valence-electron chi connectivity index (χ0n) is 9.40. The highest BCUT2D eigenvalue weighted by molar-refractivity contribution is 5.99. The number of aryl methyl sites for hydroxylation is 1. The SMILES string of the molecule is CC(=O)N=C(N)/C=C\Nc1ccc(C)cc1. The Morgan fingerprint density at radius 3 is 2.56 bits per heavy atom. The summed E-state index contributed by atoms with van der Waals surface area (Å²) in [5, 5.41) is 3.02. The van der Waals surface area contributed by atoms with Crippen LogP contribution in [0.3, 0.4) is 0 Å². The van der Waals surface area contributed by atoms with Crippen molar-refractivity contribution in [3.8, 4) is 0 Å². The molecule has 0 atom stereocenters. The molecule has 1 aromatic carbocycles. The Morgan fingerprint density at radius 1 is 1.38 bits per heavy atom. The van der Waals surface area contributed by atoms with Crippen LogP contribution in [0.1, 0.15) is 12.5 Å². The molecule has 16 heavy (non-hydrogen) atoms. The maximum absolute atomic E-state index is 10.6. The van der Waals surface area contributed by atoms with Crippen LogP contribution in [0.4, 0.5) is 5.69 Å². The van der Waals surface area contributed by atoms with E-state index in [1.54, 1.807) is 12.3 Å². The highest BCUT2D eigenvalue weighted by atomic mass is 16.1. The molecule has 84 valence electrons. The van der Waals surface area contributed by atoms with Gasteiger partial charge in [0.2, 0.25) is 5.91 Å². The van der Waals surface area contributed by atoms with Crippen LogP contribution in [0.15, 0.2) is 41.5 Å². The molecule has 1 rings (SSSR count). The molecule has 0 fully saturated rings. The average Bonchev–Trinajstić information content (AvgIpc) is 2.20. The molecule has 0 aliphatic heterocycles. The Kier molecular flexibility index (Phi) is 4.27. The van der Waals surface area contributed by atoms with Gasteiger partial charge in [-0.1, -0.05) is 17.7 Å². The van der Waals surface area contributed by atoms with Crippen LogP contribution >= 0.6 is 0 Å². The maximum Gasteiger partial charge on any atom is 0.244 e. The van der Waals surface area contributed by atoms with Crippen LogP contribution < -0.4 is 11.1 Å². The van der Waals surface area contributed by atoms with Crippen LogP contribution in [0, 0.1) is 6.92 Å². The summed E-state index contributed by atoms with van der Waals surface area (Å²) in [5.74, 6) is -0.121. The van der Waals surface area contributed by atoms with Gasteiger partial charge in [0.1, 0.15) is 5.84 Å². The maximum atomic E-state index is 10.6. The van der Waals surface area contributed by atoms with Gasteiger partial charge in [0.25, 0.3) is 0 Å². The van der Waals surface area contributed by atoms with E-state index in [0.29, 0.717) is 0 Å². The Balaban J connectivity index is 2.54. The molecule has 0 saturated carbocycles. The first-order chi connectivity index (χ1) is 7.58. The fourth-order valence-corrected chi connectivity index (χ4v) is 1.09. The van der Waals surface area contributed by atoms with Crippen LogP contribution in [0.2, 0.25) is 0 Å². The van der Waals surface area contributed by atoms with Crippen molar-refractivity contribution in [3.63, 3.8) is 0 Å². The molecule has 0 unspecified atom stereocenters. The molecule has 0 aliphatic carbocycles. The second-order valence-corrected chi connectivity index (χ2v) is 3.40. The van der Waals surface area contributed by atoms with Gasteiger partial charge >= 0.3 is 0 Å². The minimum Gasteiger partial charge on any atom is -0.384 e. The number of anilines is 1. The third-order valence-corrected chi connectivity index (χ3v) is 1.84. The van der Waals surface area contributed by atoms with Crippen molar-refractivity contribution >= 4 is 17.4 Å². The number of amides is 1. The van der Waals surface area contributed by atoms with Gasteiger partial charge in [0.05, 0.1) is 0 Å². The fourth-order valence-electron chi connectivity index (χ4n) is 1.09. The Bertz CT molecular complexity index is 418. The van der Waals surface area contributed by atoms with E-state index in [1.165, 1.54) is 12.5 Å². The number of benzene rings is 1. The molecular formula is C12H15N3O. The molecular weight excluding hydrogens is 202 g/mol. The summed E-state index contributed by atoms with van der Waals surface area (Å²) >= 11 is 0. The number of nitrogens with zero attached hydrogens (tertiary/aromatic N) is 1. The van der Waals surface area contributed by atoms with Crippen molar-refractivity contribution in [2.75, 3.05) is 5.32 Å². The van der Waals surface area contributed by atoms with Gasteiger partial charge in [-0.15, -0.1) is 0 Å². The normalized spacial score (nSPS) is 11.8. The summed E-state index contributed by atoms with van der Waals surface area (Å²) in [6.07, 6.45) is 3.19. The molecule has 3 N–H and O–H groups in total. The minimum absolute atomic E-state index is 0.187. The monoisotopic (exact) mass is 217 g/mol. The smallest absolute Gasteiger partial charge is 0.244 e. The Labute approximate surface area is 94.9 Å². The number of carbonyl (C=O) groups excluding carboxylic acids is 1. The van der Waals surface area contributed by atoms with E-state index >= 15 is 0 Å². The second kappa shape index (κ2) is 5.70. The third kappa shape index (κ3) is 4.41. The molecule has 1 aromatic rings. The van der Waals surface area contributed by atoms with Gasteiger partial charge in [-0.05, 0) is 25.1 Å². The van der Waals surface area contributed by atoms with Crippen molar-refractivity contribution in [3.05, 3.63) is 42.1 Å². The summed E-state index contributed by atoms with van der Waals surface area (Å²) in [7, 11) is 0. The van der Waals surface area contributed by atoms with E-state index in [9.17, 15) is 4.79 Å². The highest BCUT2D eigenvalue weighted by Crippen LogP contribution is 2.07. The number of amidine groups is 1. The van der Waals surface area contributed by atoms with E-state index in [0.717, 1.165) is 5.69 Å². The number of aliphatic imine (C=N–C) groups is 1. The number of nitrogens with one attached hydrogen (secondary N) is 1. The number of nitrogens with two attached hydrogens (primary N) is 1. The lowest BCUT2D eigenvalue weighted by molar-refractivity contribution is -0.115. The first-order valence-electron chi connectivity index (χ1n) is 4.92. The molecule has 0 radical (unpaired) electrons. The van der Waals surface area contributed by atoms with Crippen LogP contribution in [0.25, 0.3) is 0 Å². The molecule has 0 spiro atoms. The van der Waals surface area contributed by atoms with Gasteiger partial charge < -0.3 is 11.1 Å². The van der Waals surface area contributed by atoms with E-state index in [-0.39, 0.29) is 11.7 Å². The highest BCUT2D eigenvalue weighted by Gasteiger charge is 1.89. The van der Waals surface area contributed by atoms with Crippen LogP contribution in [0.5, 0.6) is 0 Å². The zero-order valence-corrected chi connectivity index (χ0v) is 9.40. The quantitative estimate of drug-likeness (QED) is 0.599. The predicted octanol–water partition coefficient (Wildman–Crippen LogP) is 1.82. The van der Waals surface area contributed by atoms with Crippen molar-refractivity contribution in [2.45, 2.75) is 13.8 Å². The van der Waals surface area contributed by atoms with Gasteiger partial charge in [-0.2, -0.15) is 4.99 Å². The van der Waals surface area contributed by atoms with Gasteiger partial charge in [0, 0.05) is 18.8 Å². The molecule has 4 nitrogen and oxygen atoms in total. The van der Waals surface area contributed by atoms with Crippen LogP contribution in [-0.2, 0) is 4.79 Å². The number of rotatable bonds is 3. The molecule has 4 heteroatoms. The lowest BCUT2D eigenvalue weighted by atomic mass is 10.2. The number of hydrogen-bond acceptors (Lipinski definition) is 2. The first kappa shape index (κ1) is 12.0. The molecule has 1 amide bonds. The van der Waals surface area contributed by atoms with Crippen LogP contribution in [-0.4, -0.2) is 11.7 Å². The van der Waals surface area contributed by atoms with E-state index in [4.69, 9.17) is 5.73 Å². The van der Waals surface area contributed by atoms with E-state index in [1.807, 2.05) is 31.2 Å². The first-order valence-corrected chi connectivity index (χ1v) is 4.92.